The van der Waals surface area contributed by atoms with Crippen molar-refractivity contribution >= 4 is 16.7 Å². The highest BCUT2D eigenvalue weighted by atomic mass is 16.1. The number of nitrogens with one attached hydrogen (secondary N) is 1. The number of nitrogens with zero attached hydrogens (tertiary/aromatic N) is 2. The first-order valence-electron chi connectivity index (χ1n) is 4.18. The molecule has 2 aromatic rings. The Morgan fingerprint density at radius 1 is 1.43 bits per heavy atom. The van der Waals surface area contributed by atoms with Gasteiger partial charge in [-0.3, -0.25) is 4.79 Å². The summed E-state index contributed by atoms with van der Waals surface area (Å²) in [4.78, 5) is 15.4. The first-order valence-corrected chi connectivity index (χ1v) is 4.18. The number of hydrogen-bond acceptors (Lipinski definition) is 4. The van der Waals surface area contributed by atoms with Crippen LogP contribution in [-0.4, -0.2) is 16.7 Å². The van der Waals surface area contributed by atoms with Crippen molar-refractivity contribution in [2.24, 2.45) is 0 Å². The van der Waals surface area contributed by atoms with Gasteiger partial charge < -0.3 is 11.2 Å². The summed E-state index contributed by atoms with van der Waals surface area (Å²) in [6, 6.07) is 4.87. The lowest BCUT2D eigenvalue weighted by atomic mass is 10.2. The topological polar surface area (TPSA) is 72.9 Å². The van der Waals surface area contributed by atoms with Gasteiger partial charge in [-0.25, -0.2) is 9.66 Å². The minimum Gasteiger partial charge on any atom is -0.383 e. The van der Waals surface area contributed by atoms with E-state index in [0.29, 0.717) is 5.82 Å². The molecule has 0 amide bonds. The lowest BCUT2D eigenvalue weighted by Gasteiger charge is -2.08. The number of anilines is 1. The van der Waals surface area contributed by atoms with Gasteiger partial charge in [0.1, 0.15) is 5.82 Å². The molecule has 0 aliphatic carbocycles. The number of fused-ring (bicyclic) bond motifs is 1. The summed E-state index contributed by atoms with van der Waals surface area (Å²) < 4.78 is 1.42. The standard InChI is InChI=1S/C9H10N4O/c1-11-13-7-4-5-12-9(10)6(7)2-3-8(13)14/h2-5,11H,1H3,(H2,10,12). The predicted molar refractivity (Wildman–Crippen MR) is 55.7 cm³/mol. The largest absolute Gasteiger partial charge is 0.383 e. The van der Waals surface area contributed by atoms with E-state index in [1.807, 2.05) is 0 Å². The highest BCUT2D eigenvalue weighted by Gasteiger charge is 2.03. The minimum absolute atomic E-state index is 0.120. The third kappa shape index (κ3) is 1.10. The molecule has 0 atom stereocenters. The monoisotopic (exact) mass is 190 g/mol. The maximum Gasteiger partial charge on any atom is 0.269 e. The maximum atomic E-state index is 11.4. The molecule has 0 aliphatic heterocycles. The molecule has 0 radical (unpaired) electrons. The molecular formula is C9H10N4O. The summed E-state index contributed by atoms with van der Waals surface area (Å²) in [6.45, 7) is 0. The average Bonchev–Trinajstić information content (AvgIpc) is 2.18. The molecule has 0 bridgehead atoms. The van der Waals surface area contributed by atoms with E-state index in [1.54, 1.807) is 25.4 Å². The lowest BCUT2D eigenvalue weighted by molar-refractivity contribution is 0.915. The summed E-state index contributed by atoms with van der Waals surface area (Å²) in [5.41, 5.74) is 9.07. The van der Waals surface area contributed by atoms with Crippen LogP contribution in [0.25, 0.3) is 10.9 Å². The van der Waals surface area contributed by atoms with Crippen molar-refractivity contribution in [2.75, 3.05) is 18.2 Å². The van der Waals surface area contributed by atoms with E-state index < -0.39 is 0 Å². The molecule has 0 aromatic carbocycles. The SMILES string of the molecule is CNn1c(=O)ccc2c(N)nccc21. The molecule has 3 N–H and O–H groups in total. The normalized spacial score (nSPS) is 10.4. The summed E-state index contributed by atoms with van der Waals surface area (Å²) in [7, 11) is 1.68. The van der Waals surface area contributed by atoms with Gasteiger partial charge in [0.25, 0.3) is 5.56 Å². The molecule has 2 aromatic heterocycles. The first kappa shape index (κ1) is 8.55. The van der Waals surface area contributed by atoms with Crippen LogP contribution < -0.4 is 16.7 Å². The Bertz CT molecular complexity index is 532. The molecule has 2 heterocycles. The van der Waals surface area contributed by atoms with Gasteiger partial charge >= 0.3 is 0 Å². The minimum atomic E-state index is -0.120. The van der Waals surface area contributed by atoms with Gasteiger partial charge in [0.05, 0.1) is 5.52 Å². The van der Waals surface area contributed by atoms with Crippen LogP contribution in [0.4, 0.5) is 5.82 Å². The van der Waals surface area contributed by atoms with Crippen LogP contribution in [-0.2, 0) is 0 Å². The Kier molecular flexibility index (Phi) is 1.85. The van der Waals surface area contributed by atoms with Gasteiger partial charge in [-0.05, 0) is 12.1 Å². The number of pyridine rings is 2. The highest BCUT2D eigenvalue weighted by Crippen LogP contribution is 2.14. The number of nitrogens with two attached hydrogens (primary N) is 1. The second-order valence-electron chi connectivity index (χ2n) is 2.86. The average molecular weight is 190 g/mol. The molecule has 0 unspecified atom stereocenters. The zero-order valence-electron chi connectivity index (χ0n) is 7.69. The van der Waals surface area contributed by atoms with Gasteiger partial charge in [-0.2, -0.15) is 0 Å². The third-order valence-corrected chi connectivity index (χ3v) is 2.08. The number of aromatic nitrogens is 2. The van der Waals surface area contributed by atoms with E-state index in [2.05, 4.69) is 10.4 Å². The molecule has 0 saturated heterocycles. The summed E-state index contributed by atoms with van der Waals surface area (Å²) in [6.07, 6.45) is 1.57. The Morgan fingerprint density at radius 3 is 2.93 bits per heavy atom. The van der Waals surface area contributed by atoms with Gasteiger partial charge in [-0.15, -0.1) is 0 Å². The summed E-state index contributed by atoms with van der Waals surface area (Å²) in [5, 5.41) is 0.765. The second kappa shape index (κ2) is 3.02. The summed E-state index contributed by atoms with van der Waals surface area (Å²) in [5.74, 6) is 0.423. The Labute approximate surface area is 80.1 Å². The summed E-state index contributed by atoms with van der Waals surface area (Å²) >= 11 is 0. The van der Waals surface area contributed by atoms with Crippen LogP contribution in [0.2, 0.25) is 0 Å². The zero-order chi connectivity index (χ0) is 10.1. The lowest BCUT2D eigenvalue weighted by Crippen LogP contribution is -2.26. The van der Waals surface area contributed by atoms with Crippen molar-refractivity contribution in [3.63, 3.8) is 0 Å². The molecule has 14 heavy (non-hydrogen) atoms. The van der Waals surface area contributed by atoms with Crippen LogP contribution in [0, 0.1) is 0 Å². The fourth-order valence-electron chi connectivity index (χ4n) is 1.42. The van der Waals surface area contributed by atoms with Crippen molar-refractivity contribution in [2.45, 2.75) is 0 Å². The van der Waals surface area contributed by atoms with Gasteiger partial charge in [0.15, 0.2) is 0 Å². The highest BCUT2D eigenvalue weighted by molar-refractivity contribution is 5.88. The van der Waals surface area contributed by atoms with Crippen LogP contribution >= 0.6 is 0 Å². The maximum absolute atomic E-state index is 11.4. The Balaban J connectivity index is 2.95. The molecule has 5 heteroatoms. The quantitative estimate of drug-likeness (QED) is 0.671. The predicted octanol–water partition coefficient (Wildman–Crippen LogP) is 0.152. The Morgan fingerprint density at radius 2 is 2.21 bits per heavy atom. The van der Waals surface area contributed by atoms with Crippen molar-refractivity contribution in [3.05, 3.63) is 34.7 Å². The number of rotatable bonds is 1. The van der Waals surface area contributed by atoms with Crippen LogP contribution in [0.15, 0.2) is 29.2 Å². The molecular weight excluding hydrogens is 180 g/mol. The van der Waals surface area contributed by atoms with Crippen molar-refractivity contribution in [3.8, 4) is 0 Å². The molecule has 0 saturated carbocycles. The molecule has 2 rings (SSSR count). The molecule has 5 nitrogen and oxygen atoms in total. The Hall–Kier alpha value is -2.04. The van der Waals surface area contributed by atoms with E-state index in [1.165, 1.54) is 10.7 Å². The van der Waals surface area contributed by atoms with Gasteiger partial charge in [-0.1, -0.05) is 0 Å². The first-order chi connectivity index (χ1) is 6.74. The molecule has 0 aliphatic rings. The van der Waals surface area contributed by atoms with E-state index in [4.69, 9.17) is 5.73 Å². The van der Waals surface area contributed by atoms with E-state index >= 15 is 0 Å². The van der Waals surface area contributed by atoms with E-state index in [9.17, 15) is 4.79 Å². The van der Waals surface area contributed by atoms with E-state index in [-0.39, 0.29) is 5.56 Å². The molecule has 72 valence electrons. The second-order valence-corrected chi connectivity index (χ2v) is 2.86. The zero-order valence-corrected chi connectivity index (χ0v) is 7.69. The number of nitrogen functional groups attached to an aromatic ring is 1. The fourth-order valence-corrected chi connectivity index (χ4v) is 1.42. The fraction of sp³-hybridized carbons (Fsp3) is 0.111. The van der Waals surface area contributed by atoms with Crippen LogP contribution in [0.1, 0.15) is 0 Å². The van der Waals surface area contributed by atoms with Crippen molar-refractivity contribution < 1.29 is 0 Å². The van der Waals surface area contributed by atoms with Gasteiger partial charge in [0.2, 0.25) is 0 Å². The smallest absolute Gasteiger partial charge is 0.269 e. The van der Waals surface area contributed by atoms with Crippen LogP contribution in [0.5, 0.6) is 0 Å². The van der Waals surface area contributed by atoms with E-state index in [0.717, 1.165) is 10.9 Å². The third-order valence-electron chi connectivity index (χ3n) is 2.08. The number of hydrogen-bond donors (Lipinski definition) is 2. The van der Waals surface area contributed by atoms with Crippen LogP contribution in [0.3, 0.4) is 0 Å². The van der Waals surface area contributed by atoms with Gasteiger partial charge in [0, 0.05) is 24.7 Å². The van der Waals surface area contributed by atoms with Crippen molar-refractivity contribution in [1.29, 1.82) is 0 Å². The van der Waals surface area contributed by atoms with Crippen molar-refractivity contribution in [1.82, 2.24) is 9.66 Å². The molecule has 0 fully saturated rings. The molecule has 0 spiro atoms.